The lowest BCUT2D eigenvalue weighted by Gasteiger charge is -2.30. The minimum absolute atomic E-state index is 0.0405. The standard InChI is InChI=1S/C28H34N2O3/c1-27(2,3)25-16-18-15-20(10-11-22(18)30(25)21-7-5-4-6-8-21)29-26(33)28(13-14-28)19-9-12-23(31)24(32)17-19/h9-12,15-17,21,31-32H,4-8,13-14H2,1-3H3,(H,29,33). The number of hydrogen-bond acceptors (Lipinski definition) is 3. The molecular weight excluding hydrogens is 412 g/mol. The highest BCUT2D eigenvalue weighted by molar-refractivity contribution is 6.02. The number of nitrogens with zero attached hydrogens (tertiary/aromatic N) is 1. The first-order valence-electron chi connectivity index (χ1n) is 12.2. The Bertz CT molecular complexity index is 1210. The Morgan fingerprint density at radius 2 is 1.70 bits per heavy atom. The van der Waals surface area contributed by atoms with Gasteiger partial charge in [0.2, 0.25) is 5.91 Å². The number of phenolic OH excluding ortho intramolecular Hbond substituents is 2. The number of nitrogens with one attached hydrogen (secondary N) is 1. The van der Waals surface area contributed by atoms with E-state index in [1.165, 1.54) is 55.4 Å². The molecule has 0 radical (unpaired) electrons. The molecule has 5 nitrogen and oxygen atoms in total. The van der Waals surface area contributed by atoms with Crippen LogP contribution in [0.3, 0.4) is 0 Å². The molecule has 2 aromatic carbocycles. The molecular formula is C28H34N2O3. The minimum Gasteiger partial charge on any atom is -0.504 e. The van der Waals surface area contributed by atoms with Gasteiger partial charge in [0.05, 0.1) is 5.41 Å². The maximum atomic E-state index is 13.2. The molecule has 174 valence electrons. The number of amides is 1. The van der Waals surface area contributed by atoms with Crippen LogP contribution in [0, 0.1) is 0 Å². The third kappa shape index (κ3) is 3.88. The summed E-state index contributed by atoms with van der Waals surface area (Å²) in [7, 11) is 0. The van der Waals surface area contributed by atoms with E-state index in [2.05, 4.69) is 48.9 Å². The molecule has 2 fully saturated rings. The van der Waals surface area contributed by atoms with Crippen LogP contribution in [0.2, 0.25) is 0 Å². The van der Waals surface area contributed by atoms with Gasteiger partial charge in [-0.2, -0.15) is 0 Å². The fourth-order valence-electron chi connectivity index (χ4n) is 5.47. The second-order valence-corrected chi connectivity index (χ2v) is 11.0. The van der Waals surface area contributed by atoms with Gasteiger partial charge in [0, 0.05) is 33.7 Å². The number of fused-ring (bicyclic) bond motifs is 1. The van der Waals surface area contributed by atoms with Gasteiger partial charge in [-0.25, -0.2) is 0 Å². The molecule has 33 heavy (non-hydrogen) atoms. The zero-order valence-electron chi connectivity index (χ0n) is 19.8. The Balaban J connectivity index is 1.46. The molecule has 1 aromatic heterocycles. The third-order valence-corrected chi connectivity index (χ3v) is 7.52. The molecule has 0 bridgehead atoms. The Labute approximate surface area is 195 Å². The van der Waals surface area contributed by atoms with E-state index in [1.54, 1.807) is 6.07 Å². The van der Waals surface area contributed by atoms with E-state index in [0.717, 1.165) is 29.5 Å². The normalized spacial score (nSPS) is 18.4. The fourth-order valence-corrected chi connectivity index (χ4v) is 5.47. The van der Waals surface area contributed by atoms with E-state index in [4.69, 9.17) is 0 Å². The molecule has 2 saturated carbocycles. The number of carbonyl (C=O) groups is 1. The summed E-state index contributed by atoms with van der Waals surface area (Å²) in [5, 5.41) is 23.8. The van der Waals surface area contributed by atoms with Gasteiger partial charge in [-0.1, -0.05) is 46.1 Å². The molecule has 2 aliphatic carbocycles. The topological polar surface area (TPSA) is 74.5 Å². The molecule has 3 N–H and O–H groups in total. The van der Waals surface area contributed by atoms with Crippen molar-refractivity contribution in [3.63, 3.8) is 0 Å². The van der Waals surface area contributed by atoms with Gasteiger partial charge in [-0.3, -0.25) is 4.79 Å². The summed E-state index contributed by atoms with van der Waals surface area (Å²) in [6, 6.07) is 13.8. The number of aromatic nitrogens is 1. The lowest BCUT2D eigenvalue weighted by Crippen LogP contribution is -2.27. The molecule has 0 unspecified atom stereocenters. The fraction of sp³-hybridized carbons (Fsp3) is 0.464. The van der Waals surface area contributed by atoms with Crippen molar-refractivity contribution < 1.29 is 15.0 Å². The van der Waals surface area contributed by atoms with Gasteiger partial charge in [-0.15, -0.1) is 0 Å². The second-order valence-electron chi connectivity index (χ2n) is 11.0. The van der Waals surface area contributed by atoms with E-state index in [1.807, 2.05) is 6.07 Å². The number of phenols is 2. The molecule has 0 saturated heterocycles. The molecule has 3 aromatic rings. The lowest BCUT2D eigenvalue weighted by molar-refractivity contribution is -0.118. The number of carbonyl (C=O) groups excluding carboxylic acids is 1. The molecule has 1 heterocycles. The van der Waals surface area contributed by atoms with Crippen LogP contribution < -0.4 is 5.32 Å². The van der Waals surface area contributed by atoms with Gasteiger partial charge in [-0.05, 0) is 67.6 Å². The van der Waals surface area contributed by atoms with Gasteiger partial charge < -0.3 is 20.1 Å². The number of hydrogen-bond donors (Lipinski definition) is 3. The van der Waals surface area contributed by atoms with E-state index in [-0.39, 0.29) is 22.8 Å². The van der Waals surface area contributed by atoms with Crippen molar-refractivity contribution in [1.29, 1.82) is 0 Å². The zero-order valence-corrected chi connectivity index (χ0v) is 19.8. The molecule has 5 heteroatoms. The predicted octanol–water partition coefficient (Wildman–Crippen LogP) is 6.53. The first-order valence-corrected chi connectivity index (χ1v) is 12.2. The summed E-state index contributed by atoms with van der Waals surface area (Å²) in [5.74, 6) is -0.418. The molecule has 5 rings (SSSR count). The first-order chi connectivity index (χ1) is 15.7. The largest absolute Gasteiger partial charge is 0.504 e. The van der Waals surface area contributed by atoms with Crippen LogP contribution in [-0.2, 0) is 15.6 Å². The number of anilines is 1. The van der Waals surface area contributed by atoms with Crippen LogP contribution in [0.25, 0.3) is 10.9 Å². The van der Waals surface area contributed by atoms with E-state index < -0.39 is 5.41 Å². The van der Waals surface area contributed by atoms with Crippen LogP contribution in [0.15, 0.2) is 42.5 Å². The monoisotopic (exact) mass is 446 g/mol. The van der Waals surface area contributed by atoms with Gasteiger partial charge in [0.25, 0.3) is 0 Å². The van der Waals surface area contributed by atoms with Crippen molar-refractivity contribution in [1.82, 2.24) is 4.57 Å². The average molecular weight is 447 g/mol. The second kappa shape index (κ2) is 7.82. The summed E-state index contributed by atoms with van der Waals surface area (Å²) in [5.41, 5.74) is 3.54. The lowest BCUT2D eigenvalue weighted by atomic mass is 9.89. The summed E-state index contributed by atoms with van der Waals surface area (Å²) >= 11 is 0. The molecule has 0 atom stereocenters. The van der Waals surface area contributed by atoms with Crippen molar-refractivity contribution >= 4 is 22.5 Å². The van der Waals surface area contributed by atoms with Crippen LogP contribution in [0.4, 0.5) is 5.69 Å². The molecule has 1 amide bonds. The minimum atomic E-state index is -0.634. The van der Waals surface area contributed by atoms with Crippen molar-refractivity contribution in [2.24, 2.45) is 0 Å². The maximum absolute atomic E-state index is 13.2. The Morgan fingerprint density at radius 1 is 0.970 bits per heavy atom. The Hall–Kier alpha value is -2.95. The molecule has 2 aliphatic rings. The highest BCUT2D eigenvalue weighted by atomic mass is 16.3. The Kier molecular flexibility index (Phi) is 5.19. The van der Waals surface area contributed by atoms with E-state index in [0.29, 0.717) is 6.04 Å². The number of benzene rings is 2. The maximum Gasteiger partial charge on any atom is 0.235 e. The van der Waals surface area contributed by atoms with Gasteiger partial charge in [0.1, 0.15) is 0 Å². The average Bonchev–Trinajstić information content (AvgIpc) is 3.50. The highest BCUT2D eigenvalue weighted by Gasteiger charge is 2.51. The SMILES string of the molecule is CC(C)(C)c1cc2cc(NC(=O)C3(c4ccc(O)c(O)c4)CC3)ccc2n1C1CCCCC1. The van der Waals surface area contributed by atoms with Crippen LogP contribution in [0.1, 0.15) is 83.0 Å². The number of aromatic hydroxyl groups is 2. The Morgan fingerprint density at radius 3 is 2.33 bits per heavy atom. The van der Waals surface area contributed by atoms with Crippen molar-refractivity contribution in [2.75, 3.05) is 5.32 Å². The van der Waals surface area contributed by atoms with Crippen LogP contribution >= 0.6 is 0 Å². The van der Waals surface area contributed by atoms with Crippen LogP contribution in [0.5, 0.6) is 11.5 Å². The number of rotatable bonds is 4. The first kappa shape index (κ1) is 21.9. The van der Waals surface area contributed by atoms with E-state index >= 15 is 0 Å². The zero-order chi connectivity index (χ0) is 23.4. The third-order valence-electron chi connectivity index (χ3n) is 7.52. The van der Waals surface area contributed by atoms with Crippen LogP contribution in [-0.4, -0.2) is 20.7 Å². The van der Waals surface area contributed by atoms with Gasteiger partial charge in [0.15, 0.2) is 11.5 Å². The quantitative estimate of drug-likeness (QED) is 0.399. The smallest absolute Gasteiger partial charge is 0.235 e. The van der Waals surface area contributed by atoms with Crippen molar-refractivity contribution in [3.05, 3.63) is 53.7 Å². The molecule has 0 spiro atoms. The summed E-state index contributed by atoms with van der Waals surface area (Å²) < 4.78 is 2.56. The summed E-state index contributed by atoms with van der Waals surface area (Å²) in [4.78, 5) is 13.2. The molecule has 0 aliphatic heterocycles. The highest BCUT2D eigenvalue weighted by Crippen LogP contribution is 2.50. The van der Waals surface area contributed by atoms with Crippen molar-refractivity contribution in [2.45, 2.75) is 82.6 Å². The summed E-state index contributed by atoms with van der Waals surface area (Å²) in [6.45, 7) is 6.81. The van der Waals surface area contributed by atoms with Gasteiger partial charge >= 0.3 is 0 Å². The van der Waals surface area contributed by atoms with Crippen molar-refractivity contribution in [3.8, 4) is 11.5 Å². The summed E-state index contributed by atoms with van der Waals surface area (Å²) in [6.07, 6.45) is 7.83. The van der Waals surface area contributed by atoms with E-state index in [9.17, 15) is 15.0 Å². The predicted molar refractivity (Wildman–Crippen MR) is 132 cm³/mol.